The van der Waals surface area contributed by atoms with Crippen molar-refractivity contribution in [3.63, 3.8) is 0 Å². The Morgan fingerprint density at radius 2 is 1.74 bits per heavy atom. The van der Waals surface area contributed by atoms with Gasteiger partial charge in [-0.25, -0.2) is 4.79 Å². The Labute approximate surface area is 114 Å². The number of hydrogen-bond donors (Lipinski definition) is 2. The van der Waals surface area contributed by atoms with Crippen molar-refractivity contribution >= 4 is 11.9 Å². The largest absolute Gasteiger partial charge is 0.481 e. The Morgan fingerprint density at radius 3 is 2.11 bits per heavy atom. The van der Waals surface area contributed by atoms with E-state index in [1.807, 2.05) is 6.92 Å². The fourth-order valence-corrected chi connectivity index (χ4v) is 3.07. The van der Waals surface area contributed by atoms with Gasteiger partial charge in [0, 0.05) is 0 Å². The highest BCUT2D eigenvalue weighted by Gasteiger charge is 2.45. The van der Waals surface area contributed by atoms with E-state index in [1.165, 1.54) is 0 Å². The molecule has 1 aliphatic rings. The third kappa shape index (κ3) is 3.17. The van der Waals surface area contributed by atoms with Crippen LogP contribution in [0, 0.1) is 5.41 Å². The van der Waals surface area contributed by atoms with Gasteiger partial charge in [0.25, 0.3) is 0 Å². The molecule has 0 radical (unpaired) electrons. The first-order valence-electron chi connectivity index (χ1n) is 7.18. The summed E-state index contributed by atoms with van der Waals surface area (Å²) in [4.78, 5) is 23.4. The van der Waals surface area contributed by atoms with Crippen LogP contribution in [0.2, 0.25) is 0 Å². The molecule has 1 aliphatic carbocycles. The molecule has 2 N–H and O–H groups in total. The minimum atomic E-state index is -1.21. The molecule has 0 spiro atoms. The molecule has 108 valence electrons. The van der Waals surface area contributed by atoms with E-state index >= 15 is 0 Å². The van der Waals surface area contributed by atoms with Gasteiger partial charge in [0.05, 0.1) is 11.0 Å². The first-order chi connectivity index (χ1) is 8.99. The van der Waals surface area contributed by atoms with Crippen LogP contribution in [-0.2, 0) is 9.59 Å². The highest BCUT2D eigenvalue weighted by molar-refractivity contribution is 5.97. The molecule has 0 aromatic heterocycles. The van der Waals surface area contributed by atoms with Crippen molar-refractivity contribution in [1.82, 2.24) is 0 Å². The van der Waals surface area contributed by atoms with Gasteiger partial charge in [-0.2, -0.15) is 0 Å². The van der Waals surface area contributed by atoms with Gasteiger partial charge in [-0.15, -0.1) is 0 Å². The Bertz CT molecular complexity index is 376. The highest BCUT2D eigenvalue weighted by Crippen LogP contribution is 2.42. The number of rotatable bonds is 7. The third-order valence-electron chi connectivity index (χ3n) is 4.22. The first-order valence-corrected chi connectivity index (χ1v) is 7.18. The van der Waals surface area contributed by atoms with E-state index in [4.69, 9.17) is 0 Å². The minimum Gasteiger partial charge on any atom is -0.481 e. The van der Waals surface area contributed by atoms with E-state index in [0.717, 1.165) is 44.1 Å². The van der Waals surface area contributed by atoms with Crippen LogP contribution in [0.5, 0.6) is 0 Å². The third-order valence-corrected chi connectivity index (χ3v) is 4.22. The molecule has 4 heteroatoms. The molecular formula is C15H24O4. The molecule has 0 amide bonds. The predicted octanol–water partition coefficient (Wildman–Crippen LogP) is 3.61. The van der Waals surface area contributed by atoms with Gasteiger partial charge in [0.15, 0.2) is 0 Å². The van der Waals surface area contributed by atoms with E-state index in [9.17, 15) is 19.8 Å². The predicted molar refractivity (Wildman–Crippen MR) is 73.0 cm³/mol. The number of aliphatic carboxylic acids is 2. The zero-order valence-corrected chi connectivity index (χ0v) is 11.9. The smallest absolute Gasteiger partial charge is 0.332 e. The van der Waals surface area contributed by atoms with Crippen molar-refractivity contribution in [2.75, 3.05) is 0 Å². The maximum atomic E-state index is 11.8. The molecule has 1 atom stereocenters. The van der Waals surface area contributed by atoms with Gasteiger partial charge in [-0.3, -0.25) is 4.79 Å². The molecule has 0 heterocycles. The summed E-state index contributed by atoms with van der Waals surface area (Å²) in [5.74, 6) is -2.03. The van der Waals surface area contributed by atoms with Gasteiger partial charge in [0.2, 0.25) is 0 Å². The summed E-state index contributed by atoms with van der Waals surface area (Å²) < 4.78 is 0. The molecule has 0 aliphatic heterocycles. The van der Waals surface area contributed by atoms with Crippen LogP contribution in [-0.4, -0.2) is 22.2 Å². The monoisotopic (exact) mass is 268 g/mol. The van der Waals surface area contributed by atoms with E-state index in [1.54, 1.807) is 6.92 Å². The molecule has 1 fully saturated rings. The van der Waals surface area contributed by atoms with Crippen molar-refractivity contribution in [3.8, 4) is 0 Å². The number of carbonyl (C=O) groups is 2. The van der Waals surface area contributed by atoms with Crippen molar-refractivity contribution in [2.24, 2.45) is 5.41 Å². The molecule has 0 aromatic carbocycles. The van der Waals surface area contributed by atoms with E-state index in [-0.39, 0.29) is 5.57 Å². The number of hydrogen-bond acceptors (Lipinski definition) is 2. The summed E-state index contributed by atoms with van der Waals surface area (Å²) in [5, 5.41) is 19.2. The van der Waals surface area contributed by atoms with Crippen LogP contribution in [0.25, 0.3) is 0 Å². The quantitative estimate of drug-likeness (QED) is 0.692. The lowest BCUT2D eigenvalue weighted by atomic mass is 9.71. The van der Waals surface area contributed by atoms with Gasteiger partial charge in [0.1, 0.15) is 0 Å². The van der Waals surface area contributed by atoms with Crippen LogP contribution in [0.1, 0.15) is 65.2 Å². The second-order valence-electron chi connectivity index (χ2n) is 5.34. The van der Waals surface area contributed by atoms with Crippen molar-refractivity contribution in [2.45, 2.75) is 65.2 Å². The molecule has 0 bridgehead atoms. The summed E-state index contributed by atoms with van der Waals surface area (Å²) in [6, 6.07) is 0. The lowest BCUT2D eigenvalue weighted by Crippen LogP contribution is -2.36. The van der Waals surface area contributed by atoms with Gasteiger partial charge >= 0.3 is 11.9 Å². The van der Waals surface area contributed by atoms with Crippen molar-refractivity contribution < 1.29 is 19.8 Å². The van der Waals surface area contributed by atoms with Crippen LogP contribution in [0.15, 0.2) is 11.1 Å². The molecular weight excluding hydrogens is 244 g/mol. The average molecular weight is 268 g/mol. The Hall–Kier alpha value is -1.32. The fraction of sp³-hybridized carbons (Fsp3) is 0.733. The summed E-state index contributed by atoms with van der Waals surface area (Å²) >= 11 is 0. The normalized spacial score (nSPS) is 18.1. The lowest BCUT2D eigenvalue weighted by molar-refractivity contribution is -0.150. The topological polar surface area (TPSA) is 74.6 Å². The zero-order valence-electron chi connectivity index (χ0n) is 11.9. The summed E-state index contributed by atoms with van der Waals surface area (Å²) in [6.45, 7) is 3.77. The highest BCUT2D eigenvalue weighted by atomic mass is 16.4. The van der Waals surface area contributed by atoms with Crippen LogP contribution < -0.4 is 0 Å². The van der Waals surface area contributed by atoms with Crippen molar-refractivity contribution in [1.29, 1.82) is 0 Å². The van der Waals surface area contributed by atoms with Gasteiger partial charge < -0.3 is 10.2 Å². The molecule has 1 unspecified atom stereocenters. The molecule has 19 heavy (non-hydrogen) atoms. The number of unbranched alkanes of at least 4 members (excludes halogenated alkanes) is 1. The van der Waals surface area contributed by atoms with E-state index in [0.29, 0.717) is 12.8 Å². The molecule has 0 saturated heterocycles. The standard InChI is InChI=1S/C15H24O4/c1-3-5-10-15(4-2,14(18)19)12(13(16)17)11-8-6-7-9-11/h3-10H2,1-2H3,(H,16,17)(H,18,19). The number of allylic oxidation sites excluding steroid dienone is 1. The maximum Gasteiger partial charge on any atom is 0.332 e. The molecule has 1 saturated carbocycles. The number of carboxylic acids is 2. The molecule has 1 rings (SSSR count). The summed E-state index contributed by atoms with van der Waals surface area (Å²) in [6.07, 6.45) is 5.79. The second-order valence-corrected chi connectivity index (χ2v) is 5.34. The minimum absolute atomic E-state index is 0.174. The fourth-order valence-electron chi connectivity index (χ4n) is 3.07. The zero-order chi connectivity index (χ0) is 14.5. The van der Waals surface area contributed by atoms with Crippen LogP contribution in [0.3, 0.4) is 0 Å². The Balaban J connectivity index is 3.29. The van der Waals surface area contributed by atoms with Crippen LogP contribution >= 0.6 is 0 Å². The molecule has 4 nitrogen and oxygen atoms in total. The maximum absolute atomic E-state index is 11.8. The second kappa shape index (κ2) is 6.73. The SMILES string of the molecule is CCCCC(CC)(C(=O)O)C(C(=O)O)=C1CCCC1. The summed E-state index contributed by atoms with van der Waals surface area (Å²) in [7, 11) is 0. The summed E-state index contributed by atoms with van der Waals surface area (Å²) in [5.41, 5.74) is -0.178. The van der Waals surface area contributed by atoms with Gasteiger partial charge in [-0.1, -0.05) is 32.3 Å². The average Bonchev–Trinajstić information content (AvgIpc) is 2.86. The Kier molecular flexibility index (Phi) is 5.58. The number of carboxylic acid groups (broad SMARTS) is 2. The van der Waals surface area contributed by atoms with E-state index < -0.39 is 17.4 Å². The van der Waals surface area contributed by atoms with Crippen LogP contribution in [0.4, 0.5) is 0 Å². The van der Waals surface area contributed by atoms with Crippen molar-refractivity contribution in [3.05, 3.63) is 11.1 Å². The Morgan fingerprint density at radius 1 is 1.16 bits per heavy atom. The first kappa shape index (κ1) is 15.7. The molecule has 0 aromatic rings. The van der Waals surface area contributed by atoms with Gasteiger partial charge in [-0.05, 0) is 38.5 Å². The van der Waals surface area contributed by atoms with E-state index in [2.05, 4.69) is 0 Å². The lowest BCUT2D eigenvalue weighted by Gasteiger charge is -2.30.